The van der Waals surface area contributed by atoms with Gasteiger partial charge in [0.25, 0.3) is 0 Å². The lowest BCUT2D eigenvalue weighted by Crippen LogP contribution is -2.26. The Morgan fingerprint density at radius 2 is 2.33 bits per heavy atom. The van der Waals surface area contributed by atoms with Crippen LogP contribution in [0.4, 0.5) is 0 Å². The normalized spacial score (nSPS) is 20.4. The molecule has 0 saturated carbocycles. The van der Waals surface area contributed by atoms with Crippen LogP contribution < -0.4 is 5.32 Å². The van der Waals surface area contributed by atoms with Gasteiger partial charge in [0.15, 0.2) is 0 Å². The molecule has 4 heteroatoms. The standard InChI is InChI=1S/C11H18N2OS/c1-8(6-14)10-7-15-11(13-10)9-2-4-12-5-3-9/h7-9,12,14H,2-6H2,1H3. The predicted octanol–water partition coefficient (Wildman–Crippen LogP) is 1.71. The van der Waals surface area contributed by atoms with E-state index >= 15 is 0 Å². The van der Waals surface area contributed by atoms with Crippen molar-refractivity contribution in [3.8, 4) is 0 Å². The first-order valence-electron chi connectivity index (χ1n) is 5.58. The summed E-state index contributed by atoms with van der Waals surface area (Å²) in [6.07, 6.45) is 2.39. The van der Waals surface area contributed by atoms with Crippen molar-refractivity contribution in [2.75, 3.05) is 19.7 Å². The van der Waals surface area contributed by atoms with Crippen LogP contribution >= 0.6 is 11.3 Å². The van der Waals surface area contributed by atoms with Gasteiger partial charge in [-0.3, -0.25) is 0 Å². The number of rotatable bonds is 3. The van der Waals surface area contributed by atoms with Crippen molar-refractivity contribution in [2.24, 2.45) is 0 Å². The number of hydrogen-bond donors (Lipinski definition) is 2. The molecule has 1 aromatic heterocycles. The molecule has 0 aliphatic carbocycles. The average Bonchev–Trinajstić information content (AvgIpc) is 2.78. The number of thiazole rings is 1. The second-order valence-corrected chi connectivity index (χ2v) is 5.11. The molecule has 1 aromatic rings. The first-order chi connectivity index (χ1) is 7.31. The fourth-order valence-electron chi connectivity index (χ4n) is 1.88. The van der Waals surface area contributed by atoms with E-state index in [4.69, 9.17) is 5.11 Å². The first kappa shape index (κ1) is 11.0. The molecule has 84 valence electrons. The summed E-state index contributed by atoms with van der Waals surface area (Å²) in [5, 5.41) is 15.8. The van der Waals surface area contributed by atoms with Gasteiger partial charge in [-0.15, -0.1) is 11.3 Å². The molecule has 2 rings (SSSR count). The van der Waals surface area contributed by atoms with Gasteiger partial charge in [0.2, 0.25) is 0 Å². The highest BCUT2D eigenvalue weighted by Crippen LogP contribution is 2.29. The molecule has 0 amide bonds. The smallest absolute Gasteiger partial charge is 0.0960 e. The van der Waals surface area contributed by atoms with Gasteiger partial charge in [-0.1, -0.05) is 6.92 Å². The van der Waals surface area contributed by atoms with Crippen molar-refractivity contribution in [1.29, 1.82) is 0 Å². The summed E-state index contributed by atoms with van der Waals surface area (Å²) in [6, 6.07) is 0. The molecule has 1 atom stereocenters. The predicted molar refractivity (Wildman–Crippen MR) is 62.5 cm³/mol. The van der Waals surface area contributed by atoms with Crippen LogP contribution in [-0.2, 0) is 0 Å². The lowest BCUT2D eigenvalue weighted by Gasteiger charge is -2.20. The Labute approximate surface area is 94.5 Å². The van der Waals surface area contributed by atoms with E-state index < -0.39 is 0 Å². The largest absolute Gasteiger partial charge is 0.396 e. The maximum Gasteiger partial charge on any atom is 0.0960 e. The summed E-state index contributed by atoms with van der Waals surface area (Å²) < 4.78 is 0. The van der Waals surface area contributed by atoms with E-state index in [0.717, 1.165) is 18.8 Å². The SMILES string of the molecule is CC(CO)c1csc(C2CCNCC2)n1. The van der Waals surface area contributed by atoms with Crippen molar-refractivity contribution < 1.29 is 5.11 Å². The molecule has 0 radical (unpaired) electrons. The number of nitrogens with one attached hydrogen (secondary N) is 1. The number of aliphatic hydroxyl groups excluding tert-OH is 1. The van der Waals surface area contributed by atoms with E-state index in [1.807, 2.05) is 6.92 Å². The molecule has 2 N–H and O–H groups in total. The fraction of sp³-hybridized carbons (Fsp3) is 0.727. The molecule has 1 fully saturated rings. The summed E-state index contributed by atoms with van der Waals surface area (Å²) >= 11 is 1.75. The van der Waals surface area contributed by atoms with Crippen LogP contribution in [0.2, 0.25) is 0 Å². The second-order valence-electron chi connectivity index (χ2n) is 4.22. The van der Waals surface area contributed by atoms with Gasteiger partial charge >= 0.3 is 0 Å². The Morgan fingerprint density at radius 3 is 3.00 bits per heavy atom. The van der Waals surface area contributed by atoms with Crippen LogP contribution in [0.3, 0.4) is 0 Å². The van der Waals surface area contributed by atoms with E-state index in [2.05, 4.69) is 15.7 Å². The van der Waals surface area contributed by atoms with Gasteiger partial charge < -0.3 is 10.4 Å². The molecule has 15 heavy (non-hydrogen) atoms. The Bertz CT molecular complexity index is 307. The minimum Gasteiger partial charge on any atom is -0.396 e. The van der Waals surface area contributed by atoms with Crippen LogP contribution in [0.5, 0.6) is 0 Å². The van der Waals surface area contributed by atoms with Gasteiger partial charge in [-0.2, -0.15) is 0 Å². The highest BCUT2D eigenvalue weighted by molar-refractivity contribution is 7.09. The van der Waals surface area contributed by atoms with Crippen LogP contribution in [0, 0.1) is 0 Å². The molecule has 3 nitrogen and oxygen atoms in total. The maximum absolute atomic E-state index is 9.06. The van der Waals surface area contributed by atoms with Crippen LogP contribution in [-0.4, -0.2) is 29.8 Å². The minimum absolute atomic E-state index is 0.178. The number of aliphatic hydroxyl groups is 1. The van der Waals surface area contributed by atoms with Gasteiger partial charge in [0.05, 0.1) is 17.3 Å². The topological polar surface area (TPSA) is 45.1 Å². The molecule has 1 saturated heterocycles. The third-order valence-corrected chi connectivity index (χ3v) is 4.03. The minimum atomic E-state index is 0.178. The van der Waals surface area contributed by atoms with E-state index in [0.29, 0.717) is 5.92 Å². The first-order valence-corrected chi connectivity index (χ1v) is 6.46. The summed E-state index contributed by atoms with van der Waals surface area (Å²) in [4.78, 5) is 4.64. The highest BCUT2D eigenvalue weighted by atomic mass is 32.1. The van der Waals surface area contributed by atoms with Crippen LogP contribution in [0.25, 0.3) is 0 Å². The van der Waals surface area contributed by atoms with Crippen molar-refractivity contribution >= 4 is 11.3 Å². The average molecular weight is 226 g/mol. The summed E-state index contributed by atoms with van der Waals surface area (Å²) in [7, 11) is 0. The van der Waals surface area contributed by atoms with Crippen molar-refractivity contribution in [1.82, 2.24) is 10.3 Å². The monoisotopic (exact) mass is 226 g/mol. The van der Waals surface area contributed by atoms with E-state index in [1.54, 1.807) is 11.3 Å². The molecule has 1 aliphatic rings. The zero-order chi connectivity index (χ0) is 10.7. The molecule has 0 aromatic carbocycles. The van der Waals surface area contributed by atoms with Gasteiger partial charge in [-0.25, -0.2) is 4.98 Å². The summed E-state index contributed by atoms with van der Waals surface area (Å²) in [6.45, 7) is 4.42. The zero-order valence-corrected chi connectivity index (χ0v) is 9.89. The fourth-order valence-corrected chi connectivity index (χ4v) is 2.99. The summed E-state index contributed by atoms with van der Waals surface area (Å²) in [5.41, 5.74) is 1.05. The molecule has 2 heterocycles. The zero-order valence-electron chi connectivity index (χ0n) is 9.07. The van der Waals surface area contributed by atoms with Crippen molar-refractivity contribution in [3.05, 3.63) is 16.1 Å². The lowest BCUT2D eigenvalue weighted by atomic mass is 9.99. The Balaban J connectivity index is 2.05. The van der Waals surface area contributed by atoms with Crippen molar-refractivity contribution in [2.45, 2.75) is 31.6 Å². The Hall–Kier alpha value is -0.450. The molecule has 1 unspecified atom stereocenters. The summed E-state index contributed by atoms with van der Waals surface area (Å²) in [5.74, 6) is 0.813. The van der Waals surface area contributed by atoms with Crippen LogP contribution in [0.15, 0.2) is 5.38 Å². The molecular weight excluding hydrogens is 208 g/mol. The number of aromatic nitrogens is 1. The molecule has 1 aliphatic heterocycles. The quantitative estimate of drug-likeness (QED) is 0.824. The highest BCUT2D eigenvalue weighted by Gasteiger charge is 2.19. The lowest BCUT2D eigenvalue weighted by molar-refractivity contribution is 0.271. The Morgan fingerprint density at radius 1 is 1.60 bits per heavy atom. The second kappa shape index (κ2) is 5.05. The molecule has 0 bridgehead atoms. The number of piperidine rings is 1. The maximum atomic E-state index is 9.06. The van der Waals surface area contributed by atoms with Crippen molar-refractivity contribution in [3.63, 3.8) is 0 Å². The number of nitrogens with zero attached hydrogens (tertiary/aromatic N) is 1. The van der Waals surface area contributed by atoms with Gasteiger partial charge in [0, 0.05) is 17.2 Å². The molecule has 0 spiro atoms. The Kier molecular flexibility index (Phi) is 3.72. The number of hydrogen-bond acceptors (Lipinski definition) is 4. The van der Waals surface area contributed by atoms with Gasteiger partial charge in [-0.05, 0) is 25.9 Å². The third-order valence-electron chi connectivity index (χ3n) is 3.01. The van der Waals surface area contributed by atoms with E-state index in [9.17, 15) is 0 Å². The van der Waals surface area contributed by atoms with E-state index in [1.165, 1.54) is 17.8 Å². The van der Waals surface area contributed by atoms with Gasteiger partial charge in [0.1, 0.15) is 0 Å². The van der Waals surface area contributed by atoms with Crippen LogP contribution in [0.1, 0.15) is 42.3 Å². The third kappa shape index (κ3) is 2.56. The molecular formula is C11H18N2OS. The van der Waals surface area contributed by atoms with E-state index in [-0.39, 0.29) is 12.5 Å².